The number of aromatic hydroxyl groups is 1. The molecule has 0 saturated heterocycles. The number of carboxylic acid groups (broad SMARTS) is 1. The fourth-order valence-corrected chi connectivity index (χ4v) is 1.82. The summed E-state index contributed by atoms with van der Waals surface area (Å²) < 4.78 is 0. The van der Waals surface area contributed by atoms with Crippen molar-refractivity contribution >= 4 is 40.8 Å². The van der Waals surface area contributed by atoms with E-state index in [4.69, 9.17) is 28.3 Å². The van der Waals surface area contributed by atoms with Crippen LogP contribution in [-0.2, 0) is 0 Å². The monoisotopic (exact) mass is 314 g/mol. The van der Waals surface area contributed by atoms with Gasteiger partial charge in [-0.2, -0.15) is 0 Å². The second-order valence-electron chi connectivity index (χ2n) is 3.84. The number of carbonyl (C=O) groups is 2. The molecule has 2 aromatic rings. The number of benzene rings is 1. The minimum Gasteiger partial charge on any atom is -0.507 e. The average Bonchev–Trinajstić information content (AvgIpc) is 2.72. The first-order chi connectivity index (χ1) is 9.38. The molecule has 104 valence electrons. The van der Waals surface area contributed by atoms with Crippen LogP contribution in [0, 0.1) is 0 Å². The Morgan fingerprint density at radius 3 is 2.45 bits per heavy atom. The molecule has 2 rings (SSSR count). The highest BCUT2D eigenvalue weighted by Gasteiger charge is 2.14. The highest BCUT2D eigenvalue weighted by molar-refractivity contribution is 6.41. The molecule has 1 aromatic heterocycles. The number of carboxylic acids is 1. The fraction of sp³-hybridized carbons (Fsp3) is 0. The predicted octanol–water partition coefficient (Wildman–Crippen LogP) is 2.98. The van der Waals surface area contributed by atoms with E-state index in [0.717, 1.165) is 6.07 Å². The smallest absolute Gasteiger partial charge is 0.339 e. The molecular weight excluding hydrogens is 307 g/mol. The first-order valence-corrected chi connectivity index (χ1v) is 6.05. The molecule has 1 aromatic carbocycles. The minimum atomic E-state index is -1.30. The van der Waals surface area contributed by atoms with Crippen LogP contribution in [0.3, 0.4) is 0 Å². The van der Waals surface area contributed by atoms with E-state index in [1.807, 2.05) is 0 Å². The lowest BCUT2D eigenvalue weighted by Gasteiger charge is -2.06. The molecule has 0 fully saturated rings. The summed E-state index contributed by atoms with van der Waals surface area (Å²) in [5.41, 5.74) is 0.0299. The Labute approximate surface area is 122 Å². The molecule has 0 spiro atoms. The minimum absolute atomic E-state index is 0.130. The van der Waals surface area contributed by atoms with E-state index in [2.05, 4.69) is 10.3 Å². The van der Waals surface area contributed by atoms with Crippen molar-refractivity contribution in [2.45, 2.75) is 0 Å². The summed E-state index contributed by atoms with van der Waals surface area (Å²) in [6.07, 6.45) is 0. The summed E-state index contributed by atoms with van der Waals surface area (Å²) in [5, 5.41) is 21.0. The Balaban J connectivity index is 2.24. The van der Waals surface area contributed by atoms with E-state index in [9.17, 15) is 14.7 Å². The van der Waals surface area contributed by atoms with Gasteiger partial charge in [-0.25, -0.2) is 4.79 Å². The lowest BCUT2D eigenvalue weighted by Crippen LogP contribution is -2.12. The van der Waals surface area contributed by atoms with Crippen molar-refractivity contribution in [3.8, 4) is 5.75 Å². The zero-order chi connectivity index (χ0) is 14.9. The molecule has 0 aliphatic carbocycles. The van der Waals surface area contributed by atoms with Crippen LogP contribution in [0.2, 0.25) is 10.2 Å². The molecule has 0 atom stereocenters. The standard InChI is InChI=1S/C12H8Cl2N2O4/c13-7-4-8(16-10(7)14)11(18)15-5-1-2-9(17)6(3-5)12(19)20/h1-4,16-17H,(H,15,18)(H,19,20). The van der Waals surface area contributed by atoms with Crippen LogP contribution >= 0.6 is 23.2 Å². The van der Waals surface area contributed by atoms with Crippen LogP contribution in [0.15, 0.2) is 24.3 Å². The molecular formula is C12H8Cl2N2O4. The molecule has 1 heterocycles. The molecule has 0 aliphatic rings. The second kappa shape index (κ2) is 5.44. The Kier molecular flexibility index (Phi) is 3.87. The van der Waals surface area contributed by atoms with E-state index in [1.54, 1.807) is 0 Å². The van der Waals surface area contributed by atoms with Gasteiger partial charge in [0.15, 0.2) is 0 Å². The quantitative estimate of drug-likeness (QED) is 0.654. The number of carbonyl (C=O) groups excluding carboxylic acids is 1. The Morgan fingerprint density at radius 2 is 1.90 bits per heavy atom. The van der Waals surface area contributed by atoms with Gasteiger partial charge >= 0.3 is 5.97 Å². The molecule has 4 N–H and O–H groups in total. The van der Waals surface area contributed by atoms with Gasteiger partial charge in [0.05, 0.1) is 5.02 Å². The molecule has 0 aliphatic heterocycles. The Hall–Kier alpha value is -2.18. The third kappa shape index (κ3) is 2.87. The number of halogens is 2. The van der Waals surface area contributed by atoms with Crippen LogP contribution in [-0.4, -0.2) is 27.1 Å². The van der Waals surface area contributed by atoms with E-state index < -0.39 is 11.9 Å². The number of amides is 1. The maximum Gasteiger partial charge on any atom is 0.339 e. The zero-order valence-corrected chi connectivity index (χ0v) is 11.3. The van der Waals surface area contributed by atoms with Crippen molar-refractivity contribution < 1.29 is 19.8 Å². The van der Waals surface area contributed by atoms with Gasteiger partial charge in [0.1, 0.15) is 22.2 Å². The van der Waals surface area contributed by atoms with Crippen LogP contribution in [0.25, 0.3) is 0 Å². The lowest BCUT2D eigenvalue weighted by atomic mass is 10.2. The van der Waals surface area contributed by atoms with E-state index in [1.165, 1.54) is 18.2 Å². The van der Waals surface area contributed by atoms with Gasteiger partial charge in [-0.3, -0.25) is 4.79 Å². The molecule has 0 saturated carbocycles. The maximum absolute atomic E-state index is 11.9. The SMILES string of the molecule is O=C(Nc1ccc(O)c(C(=O)O)c1)c1cc(Cl)c(Cl)[nH]1. The van der Waals surface area contributed by atoms with Crippen molar-refractivity contribution in [3.63, 3.8) is 0 Å². The van der Waals surface area contributed by atoms with Crippen molar-refractivity contribution in [2.24, 2.45) is 0 Å². The zero-order valence-electron chi connectivity index (χ0n) is 9.78. The van der Waals surface area contributed by atoms with Crippen LogP contribution < -0.4 is 5.32 Å². The number of H-pyrrole nitrogens is 1. The number of hydrogen-bond acceptors (Lipinski definition) is 3. The number of phenols is 1. The third-order valence-electron chi connectivity index (χ3n) is 2.45. The summed E-state index contributed by atoms with van der Waals surface area (Å²) >= 11 is 11.4. The molecule has 0 unspecified atom stereocenters. The van der Waals surface area contributed by atoms with Crippen molar-refractivity contribution in [2.75, 3.05) is 5.32 Å². The van der Waals surface area contributed by atoms with Gasteiger partial charge < -0.3 is 20.5 Å². The van der Waals surface area contributed by atoms with Crippen molar-refractivity contribution in [3.05, 3.63) is 45.7 Å². The molecule has 0 radical (unpaired) electrons. The number of aromatic nitrogens is 1. The topological polar surface area (TPSA) is 102 Å². The summed E-state index contributed by atoms with van der Waals surface area (Å²) in [6, 6.07) is 5.03. The first kappa shape index (κ1) is 14.2. The van der Waals surface area contributed by atoms with Gasteiger partial charge in [0.25, 0.3) is 5.91 Å². The van der Waals surface area contributed by atoms with Gasteiger partial charge in [-0.05, 0) is 24.3 Å². The summed E-state index contributed by atoms with van der Waals surface area (Å²) in [6.45, 7) is 0. The van der Waals surface area contributed by atoms with Gasteiger partial charge in [0, 0.05) is 5.69 Å². The van der Waals surface area contributed by atoms with Crippen LogP contribution in [0.4, 0.5) is 5.69 Å². The van der Waals surface area contributed by atoms with Crippen LogP contribution in [0.1, 0.15) is 20.8 Å². The lowest BCUT2D eigenvalue weighted by molar-refractivity contribution is 0.0693. The summed E-state index contributed by atoms with van der Waals surface area (Å²) in [7, 11) is 0. The number of anilines is 1. The Morgan fingerprint density at radius 1 is 1.20 bits per heavy atom. The van der Waals surface area contributed by atoms with E-state index in [0.29, 0.717) is 0 Å². The number of hydrogen-bond donors (Lipinski definition) is 4. The summed E-state index contributed by atoms with van der Waals surface area (Å²) in [4.78, 5) is 25.3. The van der Waals surface area contributed by atoms with Gasteiger partial charge in [-0.1, -0.05) is 23.2 Å². The number of rotatable bonds is 3. The van der Waals surface area contributed by atoms with Gasteiger partial charge in [0.2, 0.25) is 0 Å². The van der Waals surface area contributed by atoms with Crippen molar-refractivity contribution in [1.29, 1.82) is 0 Å². The molecule has 0 bridgehead atoms. The number of aromatic carboxylic acids is 1. The van der Waals surface area contributed by atoms with E-state index in [-0.39, 0.29) is 32.9 Å². The summed E-state index contributed by atoms with van der Waals surface area (Å²) in [5.74, 6) is -2.23. The maximum atomic E-state index is 11.9. The molecule has 20 heavy (non-hydrogen) atoms. The van der Waals surface area contributed by atoms with Gasteiger partial charge in [-0.15, -0.1) is 0 Å². The normalized spacial score (nSPS) is 10.3. The second-order valence-corrected chi connectivity index (χ2v) is 4.62. The average molecular weight is 315 g/mol. The molecule has 6 nitrogen and oxygen atoms in total. The highest BCUT2D eigenvalue weighted by atomic mass is 35.5. The largest absolute Gasteiger partial charge is 0.507 e. The molecule has 1 amide bonds. The van der Waals surface area contributed by atoms with Crippen molar-refractivity contribution in [1.82, 2.24) is 4.98 Å². The highest BCUT2D eigenvalue weighted by Crippen LogP contribution is 2.24. The van der Waals surface area contributed by atoms with E-state index >= 15 is 0 Å². The third-order valence-corrected chi connectivity index (χ3v) is 3.15. The molecule has 8 heteroatoms. The number of nitrogens with one attached hydrogen (secondary N) is 2. The predicted molar refractivity (Wildman–Crippen MR) is 73.8 cm³/mol. The Bertz CT molecular complexity index is 677. The first-order valence-electron chi connectivity index (χ1n) is 5.30. The van der Waals surface area contributed by atoms with Crippen LogP contribution in [0.5, 0.6) is 5.75 Å². The fourth-order valence-electron chi connectivity index (χ4n) is 1.51. The number of aromatic amines is 1.